The highest BCUT2D eigenvalue weighted by atomic mass is 35.5. The summed E-state index contributed by atoms with van der Waals surface area (Å²) >= 11 is 0. The number of hydrogen-bond acceptors (Lipinski definition) is 3. The summed E-state index contributed by atoms with van der Waals surface area (Å²) in [4.78, 5) is 16.2. The van der Waals surface area contributed by atoms with Crippen LogP contribution in [0.25, 0.3) is 0 Å². The first-order chi connectivity index (χ1) is 9.20. The zero-order valence-corrected chi connectivity index (χ0v) is 14.0. The molecular formula is C15H25Cl2N3O. The van der Waals surface area contributed by atoms with E-state index in [1.54, 1.807) is 12.4 Å². The molecule has 1 fully saturated rings. The first-order valence-corrected chi connectivity index (χ1v) is 7.10. The molecule has 1 aliphatic carbocycles. The molecule has 1 aliphatic rings. The molecule has 3 N–H and O–H groups in total. The number of aromatic nitrogens is 1. The van der Waals surface area contributed by atoms with Crippen LogP contribution in [0, 0.1) is 11.8 Å². The standard InChI is InChI=1S/C15H23N3O.2ClH/c1-11(9-12-5-7-17-8-6-12)18-15(19)14-4-2-3-13(14)10-16;;/h5-8,11,13-14H,2-4,9-10,16H2,1H3,(H,18,19);2*1H/t11?,13-,14-;;/m1../s1. The van der Waals surface area contributed by atoms with Crippen LogP contribution in [-0.4, -0.2) is 23.5 Å². The maximum absolute atomic E-state index is 12.2. The largest absolute Gasteiger partial charge is 0.353 e. The zero-order chi connectivity index (χ0) is 13.7. The molecule has 2 rings (SSSR count). The minimum absolute atomic E-state index is 0. The highest BCUT2D eigenvalue weighted by Gasteiger charge is 2.32. The van der Waals surface area contributed by atoms with Crippen LogP contribution in [0.15, 0.2) is 24.5 Å². The Balaban J connectivity index is 0.00000200. The van der Waals surface area contributed by atoms with Crippen molar-refractivity contribution < 1.29 is 4.79 Å². The Kier molecular flexibility index (Phi) is 9.58. The van der Waals surface area contributed by atoms with Crippen LogP contribution in [0.5, 0.6) is 0 Å². The number of nitrogens with zero attached hydrogens (tertiary/aromatic N) is 1. The molecule has 1 amide bonds. The monoisotopic (exact) mass is 333 g/mol. The van der Waals surface area contributed by atoms with Gasteiger partial charge in [0.15, 0.2) is 0 Å². The molecule has 0 saturated heterocycles. The van der Waals surface area contributed by atoms with E-state index < -0.39 is 0 Å². The molecule has 6 heteroatoms. The van der Waals surface area contributed by atoms with Gasteiger partial charge >= 0.3 is 0 Å². The first-order valence-electron chi connectivity index (χ1n) is 7.10. The van der Waals surface area contributed by atoms with Crippen LogP contribution in [0.2, 0.25) is 0 Å². The molecule has 0 bridgehead atoms. The average Bonchev–Trinajstić information content (AvgIpc) is 2.88. The molecule has 1 aromatic heterocycles. The smallest absolute Gasteiger partial charge is 0.223 e. The van der Waals surface area contributed by atoms with Crippen LogP contribution in [0.3, 0.4) is 0 Å². The fourth-order valence-electron chi connectivity index (χ4n) is 2.94. The number of nitrogens with one attached hydrogen (secondary N) is 1. The topological polar surface area (TPSA) is 68.0 Å². The molecule has 0 spiro atoms. The van der Waals surface area contributed by atoms with Crippen LogP contribution >= 0.6 is 24.8 Å². The molecule has 4 nitrogen and oxygen atoms in total. The van der Waals surface area contributed by atoms with E-state index in [0.717, 1.165) is 25.7 Å². The van der Waals surface area contributed by atoms with E-state index in [-0.39, 0.29) is 42.7 Å². The lowest BCUT2D eigenvalue weighted by molar-refractivity contribution is -0.126. The quantitative estimate of drug-likeness (QED) is 0.868. The molecule has 3 atom stereocenters. The SMILES string of the molecule is CC(Cc1ccncc1)NC(=O)[C@@H]1CCC[C@@H]1CN.Cl.Cl. The Hall–Kier alpha value is -0.840. The number of carbonyl (C=O) groups is 1. The van der Waals surface area contributed by atoms with Crippen molar-refractivity contribution in [1.82, 2.24) is 10.3 Å². The summed E-state index contributed by atoms with van der Waals surface area (Å²) in [5.74, 6) is 0.660. The number of amides is 1. The average molecular weight is 334 g/mol. The molecule has 120 valence electrons. The Morgan fingerprint density at radius 3 is 2.67 bits per heavy atom. The lowest BCUT2D eigenvalue weighted by atomic mass is 9.95. The van der Waals surface area contributed by atoms with Gasteiger partial charge in [0.25, 0.3) is 0 Å². The third-order valence-corrected chi connectivity index (χ3v) is 3.98. The Morgan fingerprint density at radius 2 is 2.05 bits per heavy atom. The molecular weight excluding hydrogens is 309 g/mol. The third kappa shape index (κ3) is 5.81. The van der Waals surface area contributed by atoms with Crippen molar-refractivity contribution in [2.45, 2.75) is 38.6 Å². The fraction of sp³-hybridized carbons (Fsp3) is 0.600. The lowest BCUT2D eigenvalue weighted by Gasteiger charge is -2.21. The lowest BCUT2D eigenvalue weighted by Crippen LogP contribution is -2.40. The predicted molar refractivity (Wildman–Crippen MR) is 89.9 cm³/mol. The highest BCUT2D eigenvalue weighted by Crippen LogP contribution is 2.31. The molecule has 1 aromatic rings. The second kappa shape index (κ2) is 9.98. The molecule has 0 aromatic carbocycles. The number of carbonyl (C=O) groups excluding carboxylic acids is 1. The van der Waals surface area contributed by atoms with Crippen molar-refractivity contribution in [1.29, 1.82) is 0 Å². The van der Waals surface area contributed by atoms with Crippen molar-refractivity contribution in [3.63, 3.8) is 0 Å². The molecule has 1 unspecified atom stereocenters. The van der Waals surface area contributed by atoms with Gasteiger partial charge in [-0.15, -0.1) is 24.8 Å². The minimum atomic E-state index is 0. The predicted octanol–water partition coefficient (Wildman–Crippen LogP) is 2.35. The van der Waals surface area contributed by atoms with Crippen LogP contribution in [-0.2, 0) is 11.2 Å². The van der Waals surface area contributed by atoms with Gasteiger partial charge in [-0.3, -0.25) is 9.78 Å². The number of pyridine rings is 1. The fourth-order valence-corrected chi connectivity index (χ4v) is 2.94. The van der Waals surface area contributed by atoms with E-state index in [1.165, 1.54) is 5.56 Å². The van der Waals surface area contributed by atoms with Gasteiger partial charge in [0.1, 0.15) is 0 Å². The molecule has 0 aliphatic heterocycles. The van der Waals surface area contributed by atoms with Gasteiger partial charge in [-0.25, -0.2) is 0 Å². The van der Waals surface area contributed by atoms with Crippen LogP contribution in [0.1, 0.15) is 31.7 Å². The summed E-state index contributed by atoms with van der Waals surface area (Å²) in [7, 11) is 0. The van der Waals surface area contributed by atoms with Crippen molar-refractivity contribution >= 4 is 30.7 Å². The van der Waals surface area contributed by atoms with Crippen LogP contribution < -0.4 is 11.1 Å². The zero-order valence-electron chi connectivity index (χ0n) is 12.3. The maximum atomic E-state index is 12.2. The van der Waals surface area contributed by atoms with Crippen LogP contribution in [0.4, 0.5) is 0 Å². The summed E-state index contributed by atoms with van der Waals surface area (Å²) < 4.78 is 0. The number of hydrogen-bond donors (Lipinski definition) is 2. The van der Waals surface area contributed by atoms with E-state index in [0.29, 0.717) is 12.5 Å². The van der Waals surface area contributed by atoms with Crippen molar-refractivity contribution in [2.75, 3.05) is 6.54 Å². The number of rotatable bonds is 5. The summed E-state index contributed by atoms with van der Waals surface area (Å²) in [5.41, 5.74) is 6.93. The van der Waals surface area contributed by atoms with Crippen molar-refractivity contribution in [3.05, 3.63) is 30.1 Å². The van der Waals surface area contributed by atoms with Crippen molar-refractivity contribution in [2.24, 2.45) is 17.6 Å². The van der Waals surface area contributed by atoms with Gasteiger partial charge in [-0.2, -0.15) is 0 Å². The van der Waals surface area contributed by atoms with Gasteiger partial charge < -0.3 is 11.1 Å². The second-order valence-electron chi connectivity index (χ2n) is 5.50. The Labute approximate surface area is 139 Å². The number of nitrogens with two attached hydrogens (primary N) is 1. The molecule has 1 saturated carbocycles. The van der Waals surface area contributed by atoms with Gasteiger partial charge in [0.05, 0.1) is 0 Å². The van der Waals surface area contributed by atoms with Gasteiger partial charge in [-0.1, -0.05) is 6.42 Å². The van der Waals surface area contributed by atoms with Gasteiger partial charge in [0.2, 0.25) is 5.91 Å². The number of halogens is 2. The Bertz CT molecular complexity index is 417. The van der Waals surface area contributed by atoms with E-state index in [1.807, 2.05) is 19.1 Å². The summed E-state index contributed by atoms with van der Waals surface area (Å²) in [6.45, 7) is 2.67. The molecule has 1 heterocycles. The molecule has 0 radical (unpaired) electrons. The highest BCUT2D eigenvalue weighted by molar-refractivity contribution is 5.85. The Morgan fingerprint density at radius 1 is 1.38 bits per heavy atom. The van der Waals surface area contributed by atoms with E-state index in [4.69, 9.17) is 5.73 Å². The van der Waals surface area contributed by atoms with E-state index >= 15 is 0 Å². The summed E-state index contributed by atoms with van der Waals surface area (Å²) in [5, 5.41) is 3.12. The van der Waals surface area contributed by atoms with E-state index in [2.05, 4.69) is 10.3 Å². The van der Waals surface area contributed by atoms with Gasteiger partial charge in [0, 0.05) is 24.4 Å². The maximum Gasteiger partial charge on any atom is 0.223 e. The van der Waals surface area contributed by atoms with E-state index in [9.17, 15) is 4.79 Å². The van der Waals surface area contributed by atoms with Crippen molar-refractivity contribution in [3.8, 4) is 0 Å². The van der Waals surface area contributed by atoms with Gasteiger partial charge in [-0.05, 0) is 56.3 Å². The third-order valence-electron chi connectivity index (χ3n) is 3.98. The normalized spacial score (nSPS) is 21.8. The summed E-state index contributed by atoms with van der Waals surface area (Å²) in [6, 6.07) is 4.12. The summed E-state index contributed by atoms with van der Waals surface area (Å²) in [6.07, 6.45) is 7.60. The first kappa shape index (κ1) is 20.2. The molecule has 21 heavy (non-hydrogen) atoms. The second-order valence-corrected chi connectivity index (χ2v) is 5.50. The minimum Gasteiger partial charge on any atom is -0.353 e.